The van der Waals surface area contributed by atoms with Crippen LogP contribution in [0.1, 0.15) is 44.2 Å². The molecule has 12 heteroatoms. The van der Waals surface area contributed by atoms with Crippen LogP contribution in [0, 0.1) is 16.7 Å². The van der Waals surface area contributed by atoms with Crippen molar-refractivity contribution in [3.63, 3.8) is 0 Å². The Labute approximate surface area is 236 Å². The molecule has 1 aliphatic heterocycles. The van der Waals surface area contributed by atoms with Gasteiger partial charge in [0.25, 0.3) is 5.91 Å². The molecule has 1 saturated heterocycles. The van der Waals surface area contributed by atoms with Gasteiger partial charge in [-0.3, -0.25) is 24.1 Å². The van der Waals surface area contributed by atoms with Gasteiger partial charge in [0.15, 0.2) is 11.4 Å². The fourth-order valence-corrected chi connectivity index (χ4v) is 7.73. The van der Waals surface area contributed by atoms with Gasteiger partial charge in [-0.25, -0.2) is 0 Å². The summed E-state index contributed by atoms with van der Waals surface area (Å²) in [5.74, 6) is -5.94. The Bertz CT molecular complexity index is 1460. The van der Waals surface area contributed by atoms with Crippen molar-refractivity contribution in [2.24, 2.45) is 22.5 Å². The standard InChI is InChI=1S/C29H36N4O8/c1-27-11-14-5-6-15(32-26(40)13-7-9-31-10-8-13)19(34)16(14)20(35)18(27)24(38)29(41)23(37)17(25(30)39)21(36)22(33(3)4)28(29,2)12-27/h5-6,13,22,31,34-35,37,41H,7-12H2,1-4H3,(H2,30,39)(H,32,40)/t22-,27+,28+,29-/m1/s1. The van der Waals surface area contributed by atoms with E-state index in [2.05, 4.69) is 10.6 Å². The molecule has 0 bridgehead atoms. The van der Waals surface area contributed by atoms with Gasteiger partial charge in [-0.1, -0.05) is 19.9 Å². The van der Waals surface area contributed by atoms with Crippen molar-refractivity contribution >= 4 is 34.8 Å². The molecular weight excluding hydrogens is 532 g/mol. The van der Waals surface area contributed by atoms with Crippen LogP contribution in [0.3, 0.4) is 0 Å². The molecule has 41 heavy (non-hydrogen) atoms. The number of phenols is 1. The van der Waals surface area contributed by atoms with E-state index in [-0.39, 0.29) is 41.5 Å². The van der Waals surface area contributed by atoms with Crippen LogP contribution in [0.15, 0.2) is 29.0 Å². The number of fused-ring (bicyclic) bond motifs is 3. The van der Waals surface area contributed by atoms with Crippen molar-refractivity contribution in [2.45, 2.75) is 51.2 Å². The van der Waals surface area contributed by atoms with Crippen molar-refractivity contribution in [3.05, 3.63) is 40.2 Å². The molecule has 2 fully saturated rings. The fourth-order valence-electron chi connectivity index (χ4n) is 7.73. The molecule has 1 aromatic carbocycles. The molecule has 4 aliphatic rings. The summed E-state index contributed by atoms with van der Waals surface area (Å²) >= 11 is 0. The van der Waals surface area contributed by atoms with Crippen LogP contribution in [0.25, 0.3) is 5.76 Å². The third kappa shape index (κ3) is 3.84. The molecule has 8 N–H and O–H groups in total. The van der Waals surface area contributed by atoms with E-state index < -0.39 is 62.8 Å². The molecule has 0 spiro atoms. The maximum Gasteiger partial charge on any atom is 0.255 e. The van der Waals surface area contributed by atoms with Crippen LogP contribution in [0.2, 0.25) is 0 Å². The first-order chi connectivity index (χ1) is 19.1. The monoisotopic (exact) mass is 568 g/mol. The van der Waals surface area contributed by atoms with Crippen molar-refractivity contribution in [1.82, 2.24) is 10.2 Å². The number of amides is 2. The third-order valence-corrected chi connectivity index (χ3v) is 9.47. The van der Waals surface area contributed by atoms with Gasteiger partial charge in [0.1, 0.15) is 22.8 Å². The Kier molecular flexibility index (Phi) is 6.60. The number of nitrogens with two attached hydrogens (primary N) is 1. The van der Waals surface area contributed by atoms with Gasteiger partial charge in [0.2, 0.25) is 11.7 Å². The Morgan fingerprint density at radius 1 is 1.10 bits per heavy atom. The van der Waals surface area contributed by atoms with E-state index in [4.69, 9.17) is 5.73 Å². The average Bonchev–Trinajstić information content (AvgIpc) is 2.87. The lowest BCUT2D eigenvalue weighted by Gasteiger charge is -2.59. The van der Waals surface area contributed by atoms with Crippen LogP contribution in [-0.4, -0.2) is 87.5 Å². The van der Waals surface area contributed by atoms with E-state index in [1.54, 1.807) is 27.1 Å². The average molecular weight is 569 g/mol. The quantitative estimate of drug-likeness (QED) is 0.200. The van der Waals surface area contributed by atoms with E-state index in [0.717, 1.165) is 0 Å². The second-order valence-corrected chi connectivity index (χ2v) is 12.4. The SMILES string of the molecule is CN(C)[C@@H]1C(=O)C(C(N)=O)=C(O)[C@@]2(O)C(=O)C3=C(O)c4c(ccc(NC(=O)C5CCNCC5)c4O)C[C@@]3(C)C[C@@]12C. The number of benzene rings is 1. The number of nitrogens with zero attached hydrogens (tertiary/aromatic N) is 1. The normalized spacial score (nSPS) is 32.0. The number of likely N-dealkylation sites (N-methyl/N-ethyl adjacent to an activating group) is 1. The van der Waals surface area contributed by atoms with Crippen LogP contribution in [0.5, 0.6) is 5.75 Å². The summed E-state index contributed by atoms with van der Waals surface area (Å²) in [6.07, 6.45) is 1.35. The zero-order valence-electron chi connectivity index (χ0n) is 23.5. The maximum atomic E-state index is 14.3. The number of hydrogen-bond donors (Lipinski definition) is 7. The van der Waals surface area contributed by atoms with Gasteiger partial charge in [-0.2, -0.15) is 0 Å². The molecular formula is C29H36N4O8. The van der Waals surface area contributed by atoms with E-state index in [1.165, 1.54) is 17.9 Å². The Hall–Kier alpha value is -3.74. The molecule has 5 rings (SSSR count). The lowest BCUT2D eigenvalue weighted by molar-refractivity contribution is -0.176. The molecule has 0 unspecified atom stereocenters. The van der Waals surface area contributed by atoms with Gasteiger partial charge < -0.3 is 36.8 Å². The maximum absolute atomic E-state index is 14.3. The van der Waals surface area contributed by atoms with Crippen LogP contribution >= 0.6 is 0 Å². The second-order valence-electron chi connectivity index (χ2n) is 12.4. The molecule has 220 valence electrons. The molecule has 3 aliphatic carbocycles. The molecule has 0 radical (unpaired) electrons. The lowest BCUT2D eigenvalue weighted by atomic mass is 9.46. The minimum Gasteiger partial charge on any atom is -0.508 e. The first-order valence-electron chi connectivity index (χ1n) is 13.6. The summed E-state index contributed by atoms with van der Waals surface area (Å²) in [5.41, 5.74) is -0.794. The third-order valence-electron chi connectivity index (χ3n) is 9.47. The largest absolute Gasteiger partial charge is 0.508 e. The minimum absolute atomic E-state index is 0.0548. The summed E-state index contributed by atoms with van der Waals surface area (Å²) < 4.78 is 0. The number of phenolic OH excluding ortho intramolecular Hbond substituents is 1. The van der Waals surface area contributed by atoms with E-state index in [0.29, 0.717) is 31.5 Å². The number of rotatable bonds is 4. The highest BCUT2D eigenvalue weighted by Gasteiger charge is 2.72. The predicted molar refractivity (Wildman–Crippen MR) is 148 cm³/mol. The molecule has 1 heterocycles. The van der Waals surface area contributed by atoms with Crippen LogP contribution in [0.4, 0.5) is 5.69 Å². The van der Waals surface area contributed by atoms with E-state index >= 15 is 0 Å². The summed E-state index contributed by atoms with van der Waals surface area (Å²) in [6, 6.07) is 1.98. The zero-order chi connectivity index (χ0) is 30.2. The second kappa shape index (κ2) is 9.40. The van der Waals surface area contributed by atoms with E-state index in [1.807, 2.05) is 0 Å². The Morgan fingerprint density at radius 3 is 2.32 bits per heavy atom. The van der Waals surface area contributed by atoms with Crippen LogP contribution in [-0.2, 0) is 25.6 Å². The number of ketones is 2. The number of anilines is 1. The highest BCUT2D eigenvalue weighted by molar-refractivity contribution is 6.25. The van der Waals surface area contributed by atoms with Gasteiger partial charge in [-0.05, 0) is 64.5 Å². The smallest absolute Gasteiger partial charge is 0.255 e. The highest BCUT2D eigenvalue weighted by atomic mass is 16.3. The predicted octanol–water partition coefficient (Wildman–Crippen LogP) is 0.682. The Balaban J connectivity index is 1.66. The number of aliphatic hydroxyl groups is 3. The summed E-state index contributed by atoms with van der Waals surface area (Å²) in [7, 11) is 3.11. The number of piperidine rings is 1. The van der Waals surface area contributed by atoms with Crippen LogP contribution < -0.4 is 16.4 Å². The number of aliphatic hydroxyl groups excluding tert-OH is 2. The number of carbonyl (C=O) groups excluding carboxylic acids is 4. The van der Waals surface area contributed by atoms with Crippen molar-refractivity contribution in [2.75, 3.05) is 32.5 Å². The van der Waals surface area contributed by atoms with E-state index in [9.17, 15) is 39.6 Å². The summed E-state index contributed by atoms with van der Waals surface area (Å²) in [6.45, 7) is 4.59. The van der Waals surface area contributed by atoms with Gasteiger partial charge in [-0.15, -0.1) is 0 Å². The number of carbonyl (C=O) groups is 4. The summed E-state index contributed by atoms with van der Waals surface area (Å²) in [4.78, 5) is 54.3. The first-order valence-corrected chi connectivity index (χ1v) is 13.6. The molecule has 12 nitrogen and oxygen atoms in total. The molecule has 0 aromatic heterocycles. The minimum atomic E-state index is -2.78. The number of nitrogens with one attached hydrogen (secondary N) is 2. The molecule has 2 amide bonds. The van der Waals surface area contributed by atoms with Crippen molar-refractivity contribution < 1.29 is 39.6 Å². The van der Waals surface area contributed by atoms with Crippen molar-refractivity contribution in [3.8, 4) is 5.75 Å². The van der Waals surface area contributed by atoms with Gasteiger partial charge in [0, 0.05) is 22.3 Å². The fraction of sp³-hybridized carbons (Fsp3) is 0.517. The highest BCUT2D eigenvalue weighted by Crippen LogP contribution is 2.63. The molecule has 1 saturated carbocycles. The van der Waals surface area contributed by atoms with Crippen molar-refractivity contribution in [1.29, 1.82) is 0 Å². The number of primary amides is 1. The first kappa shape index (κ1) is 28.8. The molecule has 4 atom stereocenters. The summed E-state index contributed by atoms with van der Waals surface area (Å²) in [5, 5.41) is 51.9. The van der Waals surface area contributed by atoms with Gasteiger partial charge in [0.05, 0.1) is 17.3 Å². The topological polar surface area (TPSA) is 203 Å². The molecule has 1 aromatic rings. The number of hydrogen-bond acceptors (Lipinski definition) is 10. The number of Topliss-reactive ketones (excluding diaryl/α,β-unsaturated/α-hetero) is 2. The number of aromatic hydroxyl groups is 1. The Morgan fingerprint density at radius 2 is 1.73 bits per heavy atom. The zero-order valence-corrected chi connectivity index (χ0v) is 23.5. The van der Waals surface area contributed by atoms with Gasteiger partial charge >= 0.3 is 0 Å². The lowest BCUT2D eigenvalue weighted by Crippen LogP contribution is -2.72.